The fourth-order valence-electron chi connectivity index (χ4n) is 3.37. The minimum atomic E-state index is 0.0583. The molecule has 1 fully saturated rings. The Morgan fingerprint density at radius 1 is 1.44 bits per heavy atom. The van der Waals surface area contributed by atoms with Crippen LogP contribution in [0.5, 0.6) is 0 Å². The molecule has 0 spiro atoms. The van der Waals surface area contributed by atoms with Gasteiger partial charge in [-0.25, -0.2) is 4.98 Å². The van der Waals surface area contributed by atoms with Gasteiger partial charge in [0.2, 0.25) is 0 Å². The lowest BCUT2D eigenvalue weighted by Crippen LogP contribution is -2.39. The minimum Gasteiger partial charge on any atom is -0.337 e. The first-order valence-corrected chi connectivity index (χ1v) is 9.57. The molecule has 7 nitrogen and oxygen atoms in total. The van der Waals surface area contributed by atoms with Gasteiger partial charge in [-0.05, 0) is 58.4 Å². The second-order valence-corrected chi connectivity index (χ2v) is 7.67. The molecule has 2 aromatic heterocycles. The fraction of sp³-hybridized carbons (Fsp3) is 0.647. The van der Waals surface area contributed by atoms with E-state index in [4.69, 9.17) is 0 Å². The number of nitrogens with zero attached hydrogens (tertiary/aromatic N) is 6. The molecule has 0 saturated carbocycles. The van der Waals surface area contributed by atoms with Gasteiger partial charge in [0.25, 0.3) is 5.91 Å². The summed E-state index contributed by atoms with van der Waals surface area (Å²) in [5, 5.41) is 3.96. The van der Waals surface area contributed by atoms with Crippen LogP contribution in [0.2, 0.25) is 0 Å². The molecule has 0 radical (unpaired) electrons. The van der Waals surface area contributed by atoms with Gasteiger partial charge in [0, 0.05) is 37.9 Å². The smallest absolute Gasteiger partial charge is 0.267 e. The van der Waals surface area contributed by atoms with Crippen LogP contribution in [0, 0.1) is 6.92 Å². The van der Waals surface area contributed by atoms with E-state index in [0.717, 1.165) is 57.0 Å². The van der Waals surface area contributed by atoms with E-state index >= 15 is 0 Å². The normalized spacial score (nSPS) is 18.1. The molecule has 0 N–H and O–H groups in total. The number of amides is 1. The Balaban J connectivity index is 1.67. The second kappa shape index (κ2) is 8.05. The van der Waals surface area contributed by atoms with Crippen LogP contribution in [0.15, 0.2) is 12.4 Å². The molecule has 3 heterocycles. The van der Waals surface area contributed by atoms with Crippen LogP contribution in [-0.2, 0) is 6.54 Å². The first-order valence-electron chi connectivity index (χ1n) is 8.80. The number of hydrogen-bond donors (Lipinski definition) is 0. The standard InChI is InChI=1S/C17H26N6OS/c1-13-15(25-20-19-13)17(24)23-9-4-6-14(12-23)16-18-7-11-22(16)10-5-8-21(2)3/h7,11,14H,4-6,8-10,12H2,1-3H3/t14-/m0/s1. The van der Waals surface area contributed by atoms with Crippen LogP contribution in [0.4, 0.5) is 0 Å². The van der Waals surface area contributed by atoms with E-state index in [1.807, 2.05) is 18.0 Å². The molecule has 0 bridgehead atoms. The number of rotatable bonds is 6. The third kappa shape index (κ3) is 4.24. The second-order valence-electron chi connectivity index (χ2n) is 6.91. The van der Waals surface area contributed by atoms with E-state index in [1.165, 1.54) is 11.5 Å². The monoisotopic (exact) mass is 362 g/mol. The number of likely N-dealkylation sites (tertiary alicyclic amines) is 1. The minimum absolute atomic E-state index is 0.0583. The van der Waals surface area contributed by atoms with Crippen LogP contribution in [0.1, 0.15) is 46.4 Å². The number of carbonyl (C=O) groups is 1. The molecule has 136 valence electrons. The third-order valence-electron chi connectivity index (χ3n) is 4.67. The van der Waals surface area contributed by atoms with E-state index in [0.29, 0.717) is 10.8 Å². The van der Waals surface area contributed by atoms with E-state index in [2.05, 4.69) is 44.3 Å². The molecule has 2 aromatic rings. The molecule has 0 unspecified atom stereocenters. The van der Waals surface area contributed by atoms with Crippen molar-refractivity contribution in [2.24, 2.45) is 0 Å². The Morgan fingerprint density at radius 3 is 3.00 bits per heavy atom. The van der Waals surface area contributed by atoms with Gasteiger partial charge >= 0.3 is 0 Å². The molecule has 1 aliphatic heterocycles. The highest BCUT2D eigenvalue weighted by molar-refractivity contribution is 7.07. The molecule has 8 heteroatoms. The summed E-state index contributed by atoms with van der Waals surface area (Å²) < 4.78 is 6.14. The average molecular weight is 363 g/mol. The van der Waals surface area contributed by atoms with Gasteiger partial charge in [-0.3, -0.25) is 4.79 Å². The number of aryl methyl sites for hydroxylation is 2. The highest BCUT2D eigenvalue weighted by atomic mass is 32.1. The highest BCUT2D eigenvalue weighted by Crippen LogP contribution is 2.27. The van der Waals surface area contributed by atoms with E-state index in [1.54, 1.807) is 0 Å². The maximum absolute atomic E-state index is 12.8. The van der Waals surface area contributed by atoms with Gasteiger partial charge in [-0.1, -0.05) is 4.49 Å². The average Bonchev–Trinajstić information content (AvgIpc) is 3.23. The zero-order valence-corrected chi connectivity index (χ0v) is 16.0. The molecule has 25 heavy (non-hydrogen) atoms. The molecule has 1 aliphatic rings. The molecule has 3 rings (SSSR count). The SMILES string of the molecule is Cc1nnsc1C(=O)N1CCC[C@H](c2nccn2CCCN(C)C)C1. The third-order valence-corrected chi connectivity index (χ3v) is 5.49. The van der Waals surface area contributed by atoms with Crippen LogP contribution in [-0.4, -0.2) is 68.6 Å². The molecule has 1 saturated heterocycles. The van der Waals surface area contributed by atoms with Gasteiger partial charge < -0.3 is 14.4 Å². The summed E-state index contributed by atoms with van der Waals surface area (Å²) in [5.74, 6) is 1.46. The van der Waals surface area contributed by atoms with Crippen molar-refractivity contribution in [3.8, 4) is 0 Å². The van der Waals surface area contributed by atoms with Crippen molar-refractivity contribution in [1.82, 2.24) is 28.9 Å². The van der Waals surface area contributed by atoms with Gasteiger partial charge in [0.15, 0.2) is 0 Å². The van der Waals surface area contributed by atoms with Crippen molar-refractivity contribution in [3.63, 3.8) is 0 Å². The molecular formula is C17H26N6OS. The van der Waals surface area contributed by atoms with Crippen LogP contribution in [0.3, 0.4) is 0 Å². The van der Waals surface area contributed by atoms with Crippen molar-refractivity contribution in [2.45, 2.75) is 38.6 Å². The topological polar surface area (TPSA) is 67.2 Å². The summed E-state index contributed by atoms with van der Waals surface area (Å²) in [4.78, 5) is 22.2. The fourth-order valence-corrected chi connectivity index (χ4v) is 4.00. The lowest BCUT2D eigenvalue weighted by molar-refractivity contribution is 0.0707. The highest BCUT2D eigenvalue weighted by Gasteiger charge is 2.29. The maximum Gasteiger partial charge on any atom is 0.267 e. The largest absolute Gasteiger partial charge is 0.337 e. The molecule has 0 aromatic carbocycles. The Bertz CT molecular complexity index is 710. The van der Waals surface area contributed by atoms with Crippen LogP contribution >= 0.6 is 11.5 Å². The maximum atomic E-state index is 12.8. The van der Waals surface area contributed by atoms with Gasteiger partial charge in [-0.2, -0.15) is 0 Å². The van der Waals surface area contributed by atoms with Crippen molar-refractivity contribution >= 4 is 17.4 Å². The number of aromatic nitrogens is 4. The molecule has 1 atom stereocenters. The zero-order valence-electron chi connectivity index (χ0n) is 15.2. The summed E-state index contributed by atoms with van der Waals surface area (Å²) >= 11 is 1.19. The van der Waals surface area contributed by atoms with Crippen molar-refractivity contribution in [3.05, 3.63) is 28.8 Å². The Morgan fingerprint density at radius 2 is 2.28 bits per heavy atom. The Labute approximate surface area is 152 Å². The predicted octanol–water partition coefficient (Wildman–Crippen LogP) is 2.01. The van der Waals surface area contributed by atoms with Crippen molar-refractivity contribution in [1.29, 1.82) is 0 Å². The Kier molecular flexibility index (Phi) is 5.80. The van der Waals surface area contributed by atoms with E-state index in [9.17, 15) is 4.79 Å². The van der Waals surface area contributed by atoms with Crippen LogP contribution in [0.25, 0.3) is 0 Å². The van der Waals surface area contributed by atoms with Crippen molar-refractivity contribution < 1.29 is 4.79 Å². The van der Waals surface area contributed by atoms with E-state index < -0.39 is 0 Å². The quantitative estimate of drug-likeness (QED) is 0.786. The summed E-state index contributed by atoms with van der Waals surface area (Å²) in [6.45, 7) is 5.39. The van der Waals surface area contributed by atoms with Gasteiger partial charge in [-0.15, -0.1) is 5.10 Å². The van der Waals surface area contributed by atoms with Crippen LogP contribution < -0.4 is 0 Å². The molecular weight excluding hydrogens is 336 g/mol. The lowest BCUT2D eigenvalue weighted by atomic mass is 9.97. The summed E-state index contributed by atoms with van der Waals surface area (Å²) in [6, 6.07) is 0. The first kappa shape index (κ1) is 18.0. The molecule has 0 aliphatic carbocycles. The molecule has 1 amide bonds. The first-order chi connectivity index (χ1) is 12.1. The number of piperidine rings is 1. The van der Waals surface area contributed by atoms with Gasteiger partial charge in [0.1, 0.15) is 10.7 Å². The zero-order chi connectivity index (χ0) is 17.8. The summed E-state index contributed by atoms with van der Waals surface area (Å²) in [7, 11) is 4.19. The number of imidazole rings is 1. The Hall–Kier alpha value is -1.80. The summed E-state index contributed by atoms with van der Waals surface area (Å²) in [5.41, 5.74) is 0.724. The predicted molar refractivity (Wildman–Crippen MR) is 97.9 cm³/mol. The number of hydrogen-bond acceptors (Lipinski definition) is 6. The number of carbonyl (C=O) groups excluding carboxylic acids is 1. The lowest BCUT2D eigenvalue weighted by Gasteiger charge is -2.32. The summed E-state index contributed by atoms with van der Waals surface area (Å²) in [6.07, 6.45) is 7.12. The van der Waals surface area contributed by atoms with E-state index in [-0.39, 0.29) is 5.91 Å². The van der Waals surface area contributed by atoms with Gasteiger partial charge in [0.05, 0.1) is 5.69 Å². The van der Waals surface area contributed by atoms with Crippen molar-refractivity contribution in [2.75, 3.05) is 33.7 Å².